The number of hydrogen-bond donors (Lipinski definition) is 2. The van der Waals surface area contributed by atoms with Gasteiger partial charge in [0.05, 0.1) is 18.6 Å². The number of nitrogens with one attached hydrogen (secondary N) is 1. The minimum atomic E-state index is -0.134. The standard InChI is InChI=1S/C11H19NO2/c1-2-11(13)4-3-6-12-8-10-5-7-14-9-10/h5,7,9,11-13H,2-4,6,8H2,1H3. The molecule has 1 aromatic heterocycles. The fourth-order valence-electron chi connectivity index (χ4n) is 1.29. The maximum Gasteiger partial charge on any atom is 0.0947 e. The van der Waals surface area contributed by atoms with Gasteiger partial charge in [0, 0.05) is 12.1 Å². The predicted molar refractivity (Wildman–Crippen MR) is 55.9 cm³/mol. The molecule has 0 aliphatic rings. The monoisotopic (exact) mass is 197 g/mol. The Morgan fingerprint density at radius 1 is 1.57 bits per heavy atom. The lowest BCUT2D eigenvalue weighted by molar-refractivity contribution is 0.157. The fourth-order valence-corrected chi connectivity index (χ4v) is 1.29. The van der Waals surface area contributed by atoms with Crippen LogP contribution in [0.15, 0.2) is 23.0 Å². The summed E-state index contributed by atoms with van der Waals surface area (Å²) in [5, 5.41) is 12.6. The Morgan fingerprint density at radius 2 is 2.43 bits per heavy atom. The van der Waals surface area contributed by atoms with E-state index in [4.69, 9.17) is 4.42 Å². The second kappa shape index (κ2) is 6.62. The number of rotatable bonds is 7. The van der Waals surface area contributed by atoms with Crippen molar-refractivity contribution < 1.29 is 9.52 Å². The van der Waals surface area contributed by atoms with Crippen LogP contribution in [0.2, 0.25) is 0 Å². The molecule has 1 heterocycles. The summed E-state index contributed by atoms with van der Waals surface area (Å²) in [5.74, 6) is 0. The van der Waals surface area contributed by atoms with Gasteiger partial charge in [0.15, 0.2) is 0 Å². The molecule has 3 heteroatoms. The largest absolute Gasteiger partial charge is 0.472 e. The molecular formula is C11H19NO2. The van der Waals surface area contributed by atoms with Crippen LogP contribution in [0, 0.1) is 0 Å². The Hall–Kier alpha value is -0.800. The second-order valence-corrected chi connectivity index (χ2v) is 3.51. The zero-order chi connectivity index (χ0) is 10.2. The van der Waals surface area contributed by atoms with Crippen LogP contribution in [0.4, 0.5) is 0 Å². The third kappa shape index (κ3) is 4.44. The normalized spacial score (nSPS) is 13.0. The Morgan fingerprint density at radius 3 is 3.07 bits per heavy atom. The van der Waals surface area contributed by atoms with E-state index < -0.39 is 0 Å². The molecule has 0 spiro atoms. The fraction of sp³-hybridized carbons (Fsp3) is 0.636. The molecule has 0 aliphatic carbocycles. The number of aliphatic hydroxyl groups excluding tert-OH is 1. The van der Waals surface area contributed by atoms with Gasteiger partial charge in [-0.3, -0.25) is 0 Å². The van der Waals surface area contributed by atoms with Crippen molar-refractivity contribution in [1.82, 2.24) is 5.32 Å². The van der Waals surface area contributed by atoms with Gasteiger partial charge in [0.2, 0.25) is 0 Å². The molecule has 0 aliphatic heterocycles. The van der Waals surface area contributed by atoms with Gasteiger partial charge in [-0.25, -0.2) is 0 Å². The number of furan rings is 1. The van der Waals surface area contributed by atoms with Crippen molar-refractivity contribution in [3.8, 4) is 0 Å². The van der Waals surface area contributed by atoms with E-state index in [9.17, 15) is 5.11 Å². The molecule has 0 fully saturated rings. The molecule has 1 rings (SSSR count). The summed E-state index contributed by atoms with van der Waals surface area (Å²) < 4.78 is 4.95. The van der Waals surface area contributed by atoms with Crippen molar-refractivity contribution >= 4 is 0 Å². The quantitative estimate of drug-likeness (QED) is 0.656. The van der Waals surface area contributed by atoms with E-state index in [1.807, 2.05) is 13.0 Å². The summed E-state index contributed by atoms with van der Waals surface area (Å²) in [5.41, 5.74) is 1.17. The Kier molecular flexibility index (Phi) is 5.33. The maximum atomic E-state index is 9.30. The number of hydrogen-bond acceptors (Lipinski definition) is 3. The molecule has 3 nitrogen and oxygen atoms in total. The van der Waals surface area contributed by atoms with Crippen LogP contribution in [-0.4, -0.2) is 17.8 Å². The van der Waals surface area contributed by atoms with Crippen LogP contribution in [0.1, 0.15) is 31.7 Å². The first-order chi connectivity index (χ1) is 6.83. The smallest absolute Gasteiger partial charge is 0.0947 e. The van der Waals surface area contributed by atoms with Crippen LogP contribution in [-0.2, 0) is 6.54 Å². The minimum absolute atomic E-state index is 0.134. The molecule has 1 unspecified atom stereocenters. The van der Waals surface area contributed by atoms with Crippen molar-refractivity contribution in [1.29, 1.82) is 0 Å². The van der Waals surface area contributed by atoms with Crippen LogP contribution in [0.3, 0.4) is 0 Å². The molecule has 0 bridgehead atoms. The van der Waals surface area contributed by atoms with Gasteiger partial charge in [-0.2, -0.15) is 0 Å². The van der Waals surface area contributed by atoms with Crippen molar-refractivity contribution in [2.24, 2.45) is 0 Å². The summed E-state index contributed by atoms with van der Waals surface area (Å²) in [6, 6.07) is 1.95. The van der Waals surface area contributed by atoms with E-state index in [2.05, 4.69) is 5.32 Å². The highest BCUT2D eigenvalue weighted by Gasteiger charge is 1.99. The second-order valence-electron chi connectivity index (χ2n) is 3.51. The molecule has 0 aromatic carbocycles. The molecule has 14 heavy (non-hydrogen) atoms. The highest BCUT2D eigenvalue weighted by molar-refractivity contribution is 5.04. The SMILES string of the molecule is CCC(O)CCCNCc1ccoc1. The molecule has 80 valence electrons. The lowest BCUT2D eigenvalue weighted by Gasteiger charge is -2.07. The van der Waals surface area contributed by atoms with Gasteiger partial charge in [0.25, 0.3) is 0 Å². The lowest BCUT2D eigenvalue weighted by Crippen LogP contribution is -2.16. The average Bonchev–Trinajstić information content (AvgIpc) is 2.69. The average molecular weight is 197 g/mol. The molecule has 2 N–H and O–H groups in total. The number of aliphatic hydroxyl groups is 1. The maximum absolute atomic E-state index is 9.30. The summed E-state index contributed by atoms with van der Waals surface area (Å²) in [6.45, 7) is 3.80. The highest BCUT2D eigenvalue weighted by atomic mass is 16.3. The highest BCUT2D eigenvalue weighted by Crippen LogP contribution is 2.01. The lowest BCUT2D eigenvalue weighted by atomic mass is 10.1. The van der Waals surface area contributed by atoms with E-state index >= 15 is 0 Å². The Balaban J connectivity index is 1.95. The summed E-state index contributed by atoms with van der Waals surface area (Å²) >= 11 is 0. The van der Waals surface area contributed by atoms with Crippen molar-refractivity contribution in [2.45, 2.75) is 38.8 Å². The van der Waals surface area contributed by atoms with E-state index in [0.717, 1.165) is 32.4 Å². The first-order valence-electron chi connectivity index (χ1n) is 5.22. The van der Waals surface area contributed by atoms with Crippen LogP contribution < -0.4 is 5.32 Å². The van der Waals surface area contributed by atoms with Gasteiger partial charge in [-0.15, -0.1) is 0 Å². The first-order valence-corrected chi connectivity index (χ1v) is 5.22. The van der Waals surface area contributed by atoms with Crippen molar-refractivity contribution in [3.63, 3.8) is 0 Å². The minimum Gasteiger partial charge on any atom is -0.472 e. The zero-order valence-electron chi connectivity index (χ0n) is 8.70. The van der Waals surface area contributed by atoms with E-state index in [0.29, 0.717) is 0 Å². The summed E-state index contributed by atoms with van der Waals surface area (Å²) in [7, 11) is 0. The summed E-state index contributed by atoms with van der Waals surface area (Å²) in [6.07, 6.45) is 6.04. The van der Waals surface area contributed by atoms with Crippen LogP contribution in [0.25, 0.3) is 0 Å². The van der Waals surface area contributed by atoms with E-state index in [1.54, 1.807) is 12.5 Å². The third-order valence-corrected chi connectivity index (χ3v) is 2.27. The van der Waals surface area contributed by atoms with E-state index in [-0.39, 0.29) is 6.10 Å². The van der Waals surface area contributed by atoms with E-state index in [1.165, 1.54) is 5.56 Å². The van der Waals surface area contributed by atoms with Gasteiger partial charge >= 0.3 is 0 Å². The molecule has 0 saturated heterocycles. The molecule has 0 radical (unpaired) electrons. The predicted octanol–water partition coefficient (Wildman–Crippen LogP) is 1.92. The summed E-state index contributed by atoms with van der Waals surface area (Å²) in [4.78, 5) is 0. The molecule has 1 aromatic rings. The first kappa shape index (κ1) is 11.3. The molecule has 0 amide bonds. The third-order valence-electron chi connectivity index (χ3n) is 2.27. The van der Waals surface area contributed by atoms with Crippen LogP contribution >= 0.6 is 0 Å². The van der Waals surface area contributed by atoms with Gasteiger partial charge in [-0.05, 0) is 31.9 Å². The van der Waals surface area contributed by atoms with Crippen molar-refractivity contribution in [2.75, 3.05) is 6.54 Å². The zero-order valence-corrected chi connectivity index (χ0v) is 8.70. The van der Waals surface area contributed by atoms with Crippen LogP contribution in [0.5, 0.6) is 0 Å². The van der Waals surface area contributed by atoms with Gasteiger partial charge < -0.3 is 14.8 Å². The molecule has 1 atom stereocenters. The topological polar surface area (TPSA) is 45.4 Å². The Bertz CT molecular complexity index is 221. The van der Waals surface area contributed by atoms with Gasteiger partial charge in [-0.1, -0.05) is 6.92 Å². The van der Waals surface area contributed by atoms with Gasteiger partial charge in [0.1, 0.15) is 0 Å². The molecular weight excluding hydrogens is 178 g/mol. The molecule has 0 saturated carbocycles. The Labute approximate surface area is 85.1 Å². The van der Waals surface area contributed by atoms with Crippen molar-refractivity contribution in [3.05, 3.63) is 24.2 Å².